The Labute approximate surface area is 98.0 Å². The fourth-order valence-electron chi connectivity index (χ4n) is 1.85. The van der Waals surface area contributed by atoms with Crippen LogP contribution in [0, 0.1) is 6.92 Å². The standard InChI is InChI=1S/C13H20ClN/c1-5-15(10(2)3)13-7-6-12(9-14)11(4)8-13/h6-8,10H,5,9H2,1-4H3. The molecule has 15 heavy (non-hydrogen) atoms. The lowest BCUT2D eigenvalue weighted by Gasteiger charge is -2.28. The van der Waals surface area contributed by atoms with Crippen LogP contribution >= 0.6 is 11.6 Å². The highest BCUT2D eigenvalue weighted by Gasteiger charge is 2.09. The summed E-state index contributed by atoms with van der Waals surface area (Å²) in [7, 11) is 0. The van der Waals surface area contributed by atoms with Crippen molar-refractivity contribution in [2.45, 2.75) is 39.6 Å². The molecule has 1 nitrogen and oxygen atoms in total. The van der Waals surface area contributed by atoms with Crippen molar-refractivity contribution >= 4 is 17.3 Å². The molecule has 0 N–H and O–H groups in total. The van der Waals surface area contributed by atoms with Gasteiger partial charge >= 0.3 is 0 Å². The van der Waals surface area contributed by atoms with Gasteiger partial charge in [-0.1, -0.05) is 6.07 Å². The van der Waals surface area contributed by atoms with Crippen LogP contribution in [0.25, 0.3) is 0 Å². The van der Waals surface area contributed by atoms with E-state index in [2.05, 4.69) is 50.8 Å². The van der Waals surface area contributed by atoms with Crippen LogP contribution in [0.15, 0.2) is 18.2 Å². The largest absolute Gasteiger partial charge is 0.369 e. The summed E-state index contributed by atoms with van der Waals surface area (Å²) in [6.45, 7) is 9.78. The van der Waals surface area contributed by atoms with Gasteiger partial charge in [0.25, 0.3) is 0 Å². The van der Waals surface area contributed by atoms with Crippen molar-refractivity contribution in [3.63, 3.8) is 0 Å². The minimum atomic E-state index is 0.538. The number of hydrogen-bond donors (Lipinski definition) is 0. The van der Waals surface area contributed by atoms with E-state index in [9.17, 15) is 0 Å². The van der Waals surface area contributed by atoms with Crippen molar-refractivity contribution in [3.05, 3.63) is 29.3 Å². The van der Waals surface area contributed by atoms with Gasteiger partial charge in [-0.05, 0) is 51.0 Å². The number of nitrogens with zero attached hydrogens (tertiary/aromatic N) is 1. The Morgan fingerprint density at radius 3 is 2.40 bits per heavy atom. The van der Waals surface area contributed by atoms with Gasteiger partial charge in [0, 0.05) is 24.2 Å². The third-order valence-electron chi connectivity index (χ3n) is 2.77. The second kappa shape index (κ2) is 5.41. The normalized spacial score (nSPS) is 10.8. The van der Waals surface area contributed by atoms with Crippen LogP contribution in [-0.2, 0) is 5.88 Å². The van der Waals surface area contributed by atoms with E-state index in [1.54, 1.807) is 0 Å². The summed E-state index contributed by atoms with van der Waals surface area (Å²) >= 11 is 5.85. The molecule has 0 spiro atoms. The SMILES string of the molecule is CCN(c1ccc(CCl)c(C)c1)C(C)C. The molecule has 0 radical (unpaired) electrons. The van der Waals surface area contributed by atoms with Gasteiger partial charge in [0.15, 0.2) is 0 Å². The summed E-state index contributed by atoms with van der Waals surface area (Å²) < 4.78 is 0. The van der Waals surface area contributed by atoms with Crippen molar-refractivity contribution in [1.82, 2.24) is 0 Å². The first kappa shape index (κ1) is 12.4. The van der Waals surface area contributed by atoms with Crippen LogP contribution in [0.1, 0.15) is 31.9 Å². The maximum Gasteiger partial charge on any atom is 0.0476 e. The topological polar surface area (TPSA) is 3.24 Å². The molecule has 1 rings (SSSR count). The molecule has 0 aliphatic heterocycles. The maximum atomic E-state index is 5.85. The van der Waals surface area contributed by atoms with Crippen molar-refractivity contribution in [2.24, 2.45) is 0 Å². The summed E-state index contributed by atoms with van der Waals surface area (Å²) in [6.07, 6.45) is 0. The van der Waals surface area contributed by atoms with E-state index >= 15 is 0 Å². The van der Waals surface area contributed by atoms with E-state index in [1.807, 2.05) is 0 Å². The first-order valence-corrected chi connectivity index (χ1v) is 6.05. The summed E-state index contributed by atoms with van der Waals surface area (Å²) in [5.74, 6) is 0.597. The van der Waals surface area contributed by atoms with Crippen molar-refractivity contribution in [3.8, 4) is 0 Å². The molecule has 0 unspecified atom stereocenters. The quantitative estimate of drug-likeness (QED) is 0.701. The minimum Gasteiger partial charge on any atom is -0.369 e. The Kier molecular flexibility index (Phi) is 4.46. The lowest BCUT2D eigenvalue weighted by molar-refractivity contribution is 0.703. The molecule has 0 fully saturated rings. The van der Waals surface area contributed by atoms with Gasteiger partial charge in [-0.15, -0.1) is 11.6 Å². The van der Waals surface area contributed by atoms with Crippen LogP contribution in [0.4, 0.5) is 5.69 Å². The Morgan fingerprint density at radius 1 is 1.33 bits per heavy atom. The van der Waals surface area contributed by atoms with Gasteiger partial charge in [-0.2, -0.15) is 0 Å². The molecule has 84 valence electrons. The lowest BCUT2D eigenvalue weighted by atomic mass is 10.1. The Bertz CT molecular complexity index is 320. The molecule has 1 aromatic carbocycles. The molecule has 0 aliphatic rings. The highest BCUT2D eigenvalue weighted by Crippen LogP contribution is 2.21. The molecular weight excluding hydrogens is 206 g/mol. The Morgan fingerprint density at radius 2 is 2.00 bits per heavy atom. The highest BCUT2D eigenvalue weighted by molar-refractivity contribution is 6.17. The molecule has 0 saturated carbocycles. The molecule has 2 heteroatoms. The molecule has 0 atom stereocenters. The van der Waals surface area contributed by atoms with E-state index in [1.165, 1.54) is 16.8 Å². The molecular formula is C13H20ClN. The average molecular weight is 226 g/mol. The van der Waals surface area contributed by atoms with Gasteiger partial charge < -0.3 is 4.90 Å². The maximum absolute atomic E-state index is 5.85. The van der Waals surface area contributed by atoms with Crippen molar-refractivity contribution in [1.29, 1.82) is 0 Å². The zero-order valence-electron chi connectivity index (χ0n) is 10.0. The minimum absolute atomic E-state index is 0.538. The van der Waals surface area contributed by atoms with Crippen LogP contribution in [0.3, 0.4) is 0 Å². The van der Waals surface area contributed by atoms with E-state index in [-0.39, 0.29) is 0 Å². The monoisotopic (exact) mass is 225 g/mol. The fourth-order valence-corrected chi connectivity index (χ4v) is 2.15. The number of hydrogen-bond acceptors (Lipinski definition) is 1. The molecule has 0 amide bonds. The second-order valence-corrected chi connectivity index (χ2v) is 4.39. The molecule has 0 saturated heterocycles. The Hall–Kier alpha value is -0.690. The highest BCUT2D eigenvalue weighted by atomic mass is 35.5. The molecule has 0 bridgehead atoms. The molecule has 0 aromatic heterocycles. The van der Waals surface area contributed by atoms with Gasteiger partial charge in [0.05, 0.1) is 0 Å². The summed E-state index contributed by atoms with van der Waals surface area (Å²) in [5.41, 5.74) is 3.79. The summed E-state index contributed by atoms with van der Waals surface area (Å²) in [5, 5.41) is 0. The molecule has 0 heterocycles. The third kappa shape index (κ3) is 2.88. The van der Waals surface area contributed by atoms with Crippen molar-refractivity contribution < 1.29 is 0 Å². The van der Waals surface area contributed by atoms with Crippen LogP contribution in [-0.4, -0.2) is 12.6 Å². The number of benzene rings is 1. The fraction of sp³-hybridized carbons (Fsp3) is 0.538. The lowest BCUT2D eigenvalue weighted by Crippen LogP contribution is -2.30. The van der Waals surface area contributed by atoms with Crippen LogP contribution < -0.4 is 4.90 Å². The van der Waals surface area contributed by atoms with E-state index in [4.69, 9.17) is 11.6 Å². The van der Waals surface area contributed by atoms with Gasteiger partial charge in [0.1, 0.15) is 0 Å². The van der Waals surface area contributed by atoms with Gasteiger partial charge in [-0.3, -0.25) is 0 Å². The molecule has 0 aliphatic carbocycles. The number of halogens is 1. The zero-order chi connectivity index (χ0) is 11.4. The van der Waals surface area contributed by atoms with Crippen molar-refractivity contribution in [2.75, 3.05) is 11.4 Å². The number of rotatable bonds is 4. The van der Waals surface area contributed by atoms with Gasteiger partial charge in [-0.25, -0.2) is 0 Å². The van der Waals surface area contributed by atoms with Crippen LogP contribution in [0.2, 0.25) is 0 Å². The van der Waals surface area contributed by atoms with E-state index in [0.29, 0.717) is 11.9 Å². The molecule has 1 aromatic rings. The van der Waals surface area contributed by atoms with Gasteiger partial charge in [0.2, 0.25) is 0 Å². The first-order chi connectivity index (χ1) is 7.10. The Balaban J connectivity index is 3.00. The van der Waals surface area contributed by atoms with E-state index < -0.39 is 0 Å². The third-order valence-corrected chi connectivity index (χ3v) is 3.05. The average Bonchev–Trinajstić information content (AvgIpc) is 2.18. The number of anilines is 1. The first-order valence-electron chi connectivity index (χ1n) is 5.52. The predicted molar refractivity (Wildman–Crippen MR) is 68.9 cm³/mol. The summed E-state index contributed by atoms with van der Waals surface area (Å²) in [4.78, 5) is 2.38. The second-order valence-electron chi connectivity index (χ2n) is 4.12. The van der Waals surface area contributed by atoms with Crippen LogP contribution in [0.5, 0.6) is 0 Å². The smallest absolute Gasteiger partial charge is 0.0476 e. The van der Waals surface area contributed by atoms with E-state index in [0.717, 1.165) is 6.54 Å². The zero-order valence-corrected chi connectivity index (χ0v) is 10.8. The predicted octanol–water partition coefficient (Wildman–Crippen LogP) is 3.97. The number of alkyl halides is 1. The number of aryl methyl sites for hydroxylation is 1. The summed E-state index contributed by atoms with van der Waals surface area (Å²) in [6, 6.07) is 7.05.